The first kappa shape index (κ1) is 24.5. The smallest absolute Gasteiger partial charge is 0.338 e. The van der Waals surface area contributed by atoms with Gasteiger partial charge in [0.05, 0.1) is 33.8 Å². The zero-order valence-electron chi connectivity index (χ0n) is 19.1. The number of carbonyl (C=O) groups is 5. The van der Waals surface area contributed by atoms with Crippen LogP contribution in [0.1, 0.15) is 34.1 Å². The molecular weight excluding hydrogens is 507 g/mol. The summed E-state index contributed by atoms with van der Waals surface area (Å²) < 4.78 is 5.12. The number of anilines is 2. The van der Waals surface area contributed by atoms with E-state index < -0.39 is 30.3 Å². The van der Waals surface area contributed by atoms with Crippen LogP contribution in [0.5, 0.6) is 0 Å². The number of ketones is 1. The molecule has 6 atom stereocenters. The number of carbonyl (C=O) groups excluding carboxylic acids is 5. The second kappa shape index (κ2) is 9.33. The maximum Gasteiger partial charge on any atom is 0.338 e. The van der Waals surface area contributed by atoms with Crippen LogP contribution in [0, 0.1) is 23.7 Å². The van der Waals surface area contributed by atoms with Crippen molar-refractivity contribution in [3.8, 4) is 0 Å². The maximum atomic E-state index is 13.2. The Morgan fingerprint density at radius 2 is 1.56 bits per heavy atom. The molecule has 10 heteroatoms. The Balaban J connectivity index is 1.25. The van der Waals surface area contributed by atoms with Crippen LogP contribution in [0.25, 0.3) is 0 Å². The third kappa shape index (κ3) is 4.08. The highest BCUT2D eigenvalue weighted by atomic mass is 35.5. The Bertz CT molecular complexity index is 1260. The van der Waals surface area contributed by atoms with Gasteiger partial charge < -0.3 is 10.1 Å². The van der Waals surface area contributed by atoms with Crippen molar-refractivity contribution < 1.29 is 28.7 Å². The van der Waals surface area contributed by atoms with Crippen molar-refractivity contribution in [3.63, 3.8) is 0 Å². The number of halogens is 2. The Morgan fingerprint density at radius 3 is 2.19 bits per heavy atom. The summed E-state index contributed by atoms with van der Waals surface area (Å²) in [7, 11) is 0. The Morgan fingerprint density at radius 1 is 0.944 bits per heavy atom. The highest BCUT2D eigenvalue weighted by Gasteiger charge is 2.66. The standard InChI is InChI=1S/C26H22Cl2N2O6/c1-12(31)13-4-2-6-15(8-13)29-19(32)11-36-26(35)14-5-3-7-16(9-14)30-24(33)20-17-10-18(21(20)25(30)34)23(28)22(17)27/h2-9,17-18,20-23H,10-11H2,1H3,(H,29,32)/t17-,18-,20-,21-,22-,23+/m1/s1. The van der Waals surface area contributed by atoms with Crippen molar-refractivity contribution in [3.05, 3.63) is 59.7 Å². The van der Waals surface area contributed by atoms with Crippen LogP contribution in [0.2, 0.25) is 0 Å². The van der Waals surface area contributed by atoms with Crippen molar-refractivity contribution in [1.82, 2.24) is 0 Å². The summed E-state index contributed by atoms with van der Waals surface area (Å²) >= 11 is 12.8. The second-order valence-electron chi connectivity index (χ2n) is 9.33. The third-order valence-corrected chi connectivity index (χ3v) is 8.53. The molecule has 1 saturated heterocycles. The van der Waals surface area contributed by atoms with Gasteiger partial charge in [0.2, 0.25) is 11.8 Å². The van der Waals surface area contributed by atoms with E-state index in [2.05, 4.69) is 5.32 Å². The molecule has 8 nitrogen and oxygen atoms in total. The fraction of sp³-hybridized carbons (Fsp3) is 0.346. The maximum absolute atomic E-state index is 13.2. The minimum absolute atomic E-state index is 0.0879. The quantitative estimate of drug-likeness (QED) is 0.265. The van der Waals surface area contributed by atoms with E-state index >= 15 is 0 Å². The Kier molecular flexibility index (Phi) is 6.34. The van der Waals surface area contributed by atoms with Crippen LogP contribution in [0.4, 0.5) is 11.4 Å². The van der Waals surface area contributed by atoms with Crippen LogP contribution < -0.4 is 10.2 Å². The van der Waals surface area contributed by atoms with Gasteiger partial charge in [-0.1, -0.05) is 18.2 Å². The minimum atomic E-state index is -0.787. The molecule has 3 amide bonds. The van der Waals surface area contributed by atoms with E-state index in [-0.39, 0.29) is 51.4 Å². The SMILES string of the molecule is CC(=O)c1cccc(NC(=O)COC(=O)c2cccc(N3C(=O)[C@@H]4[C@H]5C[C@@H]([C@@H](Cl)[C@H]5Cl)[C@H]4C3=O)c2)c1. The average molecular weight is 529 g/mol. The number of hydrogen-bond donors (Lipinski definition) is 1. The number of hydrogen-bond acceptors (Lipinski definition) is 6. The summed E-state index contributed by atoms with van der Waals surface area (Å²) in [6.07, 6.45) is 0.663. The number of amides is 3. The summed E-state index contributed by atoms with van der Waals surface area (Å²) in [5.74, 6) is -3.46. The molecule has 2 aromatic rings. The zero-order valence-corrected chi connectivity index (χ0v) is 20.7. The number of ether oxygens (including phenoxy) is 1. The fourth-order valence-electron chi connectivity index (χ4n) is 5.60. The monoisotopic (exact) mass is 528 g/mol. The lowest BCUT2D eigenvalue weighted by Gasteiger charge is -2.28. The summed E-state index contributed by atoms with van der Waals surface area (Å²) in [6.45, 7) is 0.858. The van der Waals surface area contributed by atoms with Gasteiger partial charge >= 0.3 is 5.97 Å². The Labute approximate surface area is 216 Å². The highest BCUT2D eigenvalue weighted by molar-refractivity contribution is 6.32. The molecule has 36 heavy (non-hydrogen) atoms. The summed E-state index contributed by atoms with van der Waals surface area (Å²) in [4.78, 5) is 63.8. The van der Waals surface area contributed by atoms with Gasteiger partial charge in [-0.15, -0.1) is 23.2 Å². The molecule has 3 aliphatic rings. The van der Waals surface area contributed by atoms with E-state index in [1.165, 1.54) is 31.2 Å². The number of nitrogens with one attached hydrogen (secondary N) is 1. The largest absolute Gasteiger partial charge is 0.452 e. The molecule has 2 bridgehead atoms. The minimum Gasteiger partial charge on any atom is -0.452 e. The summed E-state index contributed by atoms with van der Waals surface area (Å²) in [6, 6.07) is 12.4. The number of nitrogens with zero attached hydrogens (tertiary/aromatic N) is 1. The lowest BCUT2D eigenvalue weighted by atomic mass is 9.80. The van der Waals surface area contributed by atoms with E-state index in [1.54, 1.807) is 24.3 Å². The molecular formula is C26H22Cl2N2O6. The van der Waals surface area contributed by atoms with E-state index in [4.69, 9.17) is 27.9 Å². The first-order valence-electron chi connectivity index (χ1n) is 11.5. The van der Waals surface area contributed by atoms with Crippen molar-refractivity contribution >= 4 is 64.1 Å². The number of rotatable bonds is 6. The first-order valence-corrected chi connectivity index (χ1v) is 12.4. The number of esters is 1. The number of fused-ring (bicyclic) bond motifs is 5. The molecule has 0 radical (unpaired) electrons. The average Bonchev–Trinajstić information content (AvgIpc) is 3.47. The molecule has 5 rings (SSSR count). The molecule has 3 fully saturated rings. The van der Waals surface area contributed by atoms with Crippen LogP contribution >= 0.6 is 23.2 Å². The molecule has 1 heterocycles. The predicted octanol–water partition coefficient (Wildman–Crippen LogP) is 3.65. The molecule has 1 aliphatic heterocycles. The lowest BCUT2D eigenvalue weighted by molar-refractivity contribution is -0.123. The number of alkyl halides is 2. The normalized spacial score (nSPS) is 28.2. The Hall–Kier alpha value is -3.23. The van der Waals surface area contributed by atoms with E-state index in [9.17, 15) is 24.0 Å². The third-order valence-electron chi connectivity index (χ3n) is 7.21. The van der Waals surface area contributed by atoms with Gasteiger partial charge in [0, 0.05) is 11.3 Å². The van der Waals surface area contributed by atoms with Gasteiger partial charge in [0.25, 0.3) is 5.91 Å². The number of benzene rings is 2. The molecule has 186 valence electrons. The van der Waals surface area contributed by atoms with Crippen molar-refractivity contribution in [2.45, 2.75) is 24.1 Å². The van der Waals surface area contributed by atoms with Gasteiger partial charge in [-0.25, -0.2) is 4.79 Å². The van der Waals surface area contributed by atoms with E-state index in [1.807, 2.05) is 0 Å². The zero-order chi connectivity index (χ0) is 25.7. The summed E-state index contributed by atoms with van der Waals surface area (Å²) in [5.41, 5.74) is 1.18. The lowest BCUT2D eigenvalue weighted by Crippen LogP contribution is -2.37. The van der Waals surface area contributed by atoms with Gasteiger partial charge in [0.15, 0.2) is 12.4 Å². The van der Waals surface area contributed by atoms with Crippen LogP contribution in [-0.2, 0) is 19.1 Å². The van der Waals surface area contributed by atoms with Gasteiger partial charge in [-0.3, -0.25) is 24.1 Å². The number of imide groups is 1. The van der Waals surface area contributed by atoms with E-state index in [0.29, 0.717) is 17.7 Å². The molecule has 2 aromatic carbocycles. The predicted molar refractivity (Wildman–Crippen MR) is 132 cm³/mol. The molecule has 0 spiro atoms. The van der Waals surface area contributed by atoms with Gasteiger partial charge in [-0.2, -0.15) is 0 Å². The van der Waals surface area contributed by atoms with Crippen molar-refractivity contribution in [1.29, 1.82) is 0 Å². The van der Waals surface area contributed by atoms with Crippen molar-refractivity contribution in [2.75, 3.05) is 16.8 Å². The van der Waals surface area contributed by atoms with Gasteiger partial charge in [0.1, 0.15) is 0 Å². The molecule has 0 unspecified atom stereocenters. The van der Waals surface area contributed by atoms with Gasteiger partial charge in [-0.05, 0) is 55.5 Å². The first-order chi connectivity index (χ1) is 17.2. The molecule has 2 saturated carbocycles. The highest BCUT2D eigenvalue weighted by Crippen LogP contribution is 2.59. The van der Waals surface area contributed by atoms with Crippen LogP contribution in [0.15, 0.2) is 48.5 Å². The summed E-state index contributed by atoms with van der Waals surface area (Å²) in [5, 5.41) is 1.86. The van der Waals surface area contributed by atoms with Crippen LogP contribution in [0.3, 0.4) is 0 Å². The van der Waals surface area contributed by atoms with Crippen molar-refractivity contribution in [2.24, 2.45) is 23.7 Å². The van der Waals surface area contributed by atoms with E-state index in [0.717, 1.165) is 4.90 Å². The number of Topliss-reactive ketones (excluding diaryl/α,β-unsaturated/α-hetero) is 1. The molecule has 2 aliphatic carbocycles. The second-order valence-corrected chi connectivity index (χ2v) is 10.3. The molecule has 0 aromatic heterocycles. The fourth-order valence-corrected chi connectivity index (χ4v) is 6.50. The molecule has 1 N–H and O–H groups in total. The van der Waals surface area contributed by atoms with Crippen LogP contribution in [-0.4, -0.2) is 46.8 Å². The topological polar surface area (TPSA) is 110 Å².